The molecule has 0 unspecified atom stereocenters. The van der Waals surface area contributed by atoms with Gasteiger partial charge in [-0.15, -0.1) is 0 Å². The lowest BCUT2D eigenvalue weighted by molar-refractivity contribution is -0.139. The highest BCUT2D eigenvalue weighted by atomic mass is 35.5. The van der Waals surface area contributed by atoms with Crippen molar-refractivity contribution < 1.29 is 26.4 Å². The average molecular weight is 433 g/mol. The fourth-order valence-corrected chi connectivity index (χ4v) is 4.49. The van der Waals surface area contributed by atoms with Crippen LogP contribution in [0.1, 0.15) is 28.8 Å². The Morgan fingerprint density at radius 1 is 1.07 bits per heavy atom. The van der Waals surface area contributed by atoms with Crippen molar-refractivity contribution >= 4 is 33.2 Å². The number of anilines is 1. The number of hydrogen-bond acceptors (Lipinski definition) is 3. The van der Waals surface area contributed by atoms with Crippen molar-refractivity contribution in [2.24, 2.45) is 0 Å². The number of alkyl halides is 3. The van der Waals surface area contributed by atoms with Crippen LogP contribution in [0.4, 0.5) is 18.9 Å². The van der Waals surface area contributed by atoms with E-state index in [4.69, 9.17) is 11.6 Å². The van der Waals surface area contributed by atoms with Crippen LogP contribution in [0.3, 0.4) is 0 Å². The summed E-state index contributed by atoms with van der Waals surface area (Å²) in [5.74, 6) is -0.429. The number of carbonyl (C=O) groups is 1. The van der Waals surface area contributed by atoms with E-state index in [9.17, 15) is 26.4 Å². The third-order valence-electron chi connectivity index (χ3n) is 4.33. The Kier molecular flexibility index (Phi) is 5.58. The predicted octanol–water partition coefficient (Wildman–Crippen LogP) is 4.40. The fraction of sp³-hybridized carbons (Fsp3) is 0.278. The first-order chi connectivity index (χ1) is 13.1. The summed E-state index contributed by atoms with van der Waals surface area (Å²) in [6.45, 7) is 1.04. The van der Waals surface area contributed by atoms with Gasteiger partial charge in [0.15, 0.2) is 0 Å². The van der Waals surface area contributed by atoms with E-state index in [-0.39, 0.29) is 16.3 Å². The second-order valence-electron chi connectivity index (χ2n) is 6.29. The molecular weight excluding hydrogens is 417 g/mol. The number of nitrogens with zero attached hydrogens (tertiary/aromatic N) is 1. The summed E-state index contributed by atoms with van der Waals surface area (Å²) in [6, 6.07) is 7.77. The maximum absolute atomic E-state index is 13.2. The van der Waals surface area contributed by atoms with Gasteiger partial charge in [-0.1, -0.05) is 23.7 Å². The molecule has 2 aromatic rings. The van der Waals surface area contributed by atoms with E-state index in [2.05, 4.69) is 4.72 Å². The van der Waals surface area contributed by atoms with Crippen molar-refractivity contribution in [1.82, 2.24) is 4.90 Å². The van der Waals surface area contributed by atoms with Crippen molar-refractivity contribution in [3.63, 3.8) is 0 Å². The molecular formula is C18H16ClF3N2O3S. The smallest absolute Gasteiger partial charge is 0.339 e. The van der Waals surface area contributed by atoms with Crippen LogP contribution in [0.15, 0.2) is 47.4 Å². The monoisotopic (exact) mass is 432 g/mol. The lowest BCUT2D eigenvalue weighted by atomic mass is 10.1. The Balaban J connectivity index is 2.01. The molecule has 0 saturated carbocycles. The molecule has 1 saturated heterocycles. The van der Waals surface area contributed by atoms with E-state index in [0.717, 1.165) is 25.0 Å². The Morgan fingerprint density at radius 3 is 2.36 bits per heavy atom. The zero-order chi connectivity index (χ0) is 20.5. The van der Waals surface area contributed by atoms with Crippen LogP contribution in [0.5, 0.6) is 0 Å². The van der Waals surface area contributed by atoms with Gasteiger partial charge in [-0.2, -0.15) is 13.2 Å². The maximum atomic E-state index is 13.2. The van der Waals surface area contributed by atoms with E-state index in [0.29, 0.717) is 19.2 Å². The molecule has 0 aliphatic carbocycles. The van der Waals surface area contributed by atoms with Crippen LogP contribution in [0.25, 0.3) is 0 Å². The summed E-state index contributed by atoms with van der Waals surface area (Å²) >= 11 is 5.94. The summed E-state index contributed by atoms with van der Waals surface area (Å²) in [5, 5.41) is 0.209. The molecule has 0 bridgehead atoms. The number of carbonyl (C=O) groups excluding carboxylic acids is 1. The van der Waals surface area contributed by atoms with Gasteiger partial charge in [0.2, 0.25) is 0 Å². The maximum Gasteiger partial charge on any atom is 0.417 e. The van der Waals surface area contributed by atoms with Crippen LogP contribution in [-0.4, -0.2) is 32.3 Å². The van der Waals surface area contributed by atoms with E-state index >= 15 is 0 Å². The van der Waals surface area contributed by atoms with Gasteiger partial charge in [0.1, 0.15) is 0 Å². The number of benzene rings is 2. The lowest BCUT2D eigenvalue weighted by Crippen LogP contribution is -2.29. The quantitative estimate of drug-likeness (QED) is 0.779. The normalized spacial score (nSPS) is 14.9. The third kappa shape index (κ3) is 4.25. The molecule has 10 heteroatoms. The van der Waals surface area contributed by atoms with Crippen LogP contribution in [0.2, 0.25) is 5.02 Å². The summed E-state index contributed by atoms with van der Waals surface area (Å²) in [6.07, 6.45) is -3.20. The Labute approximate surface area is 165 Å². The van der Waals surface area contributed by atoms with Crippen molar-refractivity contribution in [3.8, 4) is 0 Å². The number of halogens is 4. The van der Waals surface area contributed by atoms with Gasteiger partial charge < -0.3 is 4.90 Å². The third-order valence-corrected chi connectivity index (χ3v) is 5.99. The molecule has 1 amide bonds. The Hall–Kier alpha value is -2.26. The summed E-state index contributed by atoms with van der Waals surface area (Å²) < 4.78 is 67.1. The van der Waals surface area contributed by atoms with Gasteiger partial charge in [0.25, 0.3) is 15.9 Å². The van der Waals surface area contributed by atoms with E-state index < -0.39 is 32.6 Å². The van der Waals surface area contributed by atoms with E-state index in [1.54, 1.807) is 4.90 Å². The molecule has 3 rings (SSSR count). The molecule has 1 heterocycles. The number of amides is 1. The highest BCUT2D eigenvalue weighted by Gasteiger charge is 2.37. The molecule has 0 aromatic heterocycles. The number of nitrogens with one attached hydrogen (secondary N) is 1. The molecule has 1 aliphatic heterocycles. The number of sulfonamides is 1. The molecule has 2 aromatic carbocycles. The molecule has 1 fully saturated rings. The highest BCUT2D eigenvalue weighted by Crippen LogP contribution is 2.35. The Morgan fingerprint density at radius 2 is 1.71 bits per heavy atom. The summed E-state index contributed by atoms with van der Waals surface area (Å²) in [5.41, 5.74) is -1.43. The Bertz CT molecular complexity index is 1000. The molecule has 5 nitrogen and oxygen atoms in total. The van der Waals surface area contributed by atoms with E-state index in [1.807, 2.05) is 0 Å². The minimum absolute atomic E-state index is 0.0116. The van der Waals surface area contributed by atoms with Crippen molar-refractivity contribution in [2.45, 2.75) is 23.9 Å². The van der Waals surface area contributed by atoms with E-state index in [1.165, 1.54) is 24.3 Å². The first-order valence-corrected chi connectivity index (χ1v) is 10.2. The molecule has 0 spiro atoms. The molecule has 1 N–H and O–H groups in total. The largest absolute Gasteiger partial charge is 0.417 e. The van der Waals surface area contributed by atoms with Gasteiger partial charge in [-0.25, -0.2) is 8.42 Å². The minimum atomic E-state index is -4.85. The number of likely N-dealkylation sites (tertiary alicyclic amines) is 1. The second kappa shape index (κ2) is 7.63. The van der Waals surface area contributed by atoms with Crippen LogP contribution in [0, 0.1) is 0 Å². The van der Waals surface area contributed by atoms with Crippen LogP contribution in [-0.2, 0) is 16.2 Å². The van der Waals surface area contributed by atoms with Gasteiger partial charge in [-0.3, -0.25) is 9.52 Å². The van der Waals surface area contributed by atoms with Crippen LogP contribution >= 0.6 is 11.6 Å². The minimum Gasteiger partial charge on any atom is -0.339 e. The van der Waals surface area contributed by atoms with Gasteiger partial charge in [0, 0.05) is 18.1 Å². The summed E-state index contributed by atoms with van der Waals surface area (Å²) in [4.78, 5) is 13.4. The molecule has 0 atom stereocenters. The van der Waals surface area contributed by atoms with Crippen LogP contribution < -0.4 is 4.72 Å². The van der Waals surface area contributed by atoms with Crippen molar-refractivity contribution in [1.29, 1.82) is 0 Å². The molecule has 0 radical (unpaired) electrons. The number of hydrogen-bond donors (Lipinski definition) is 1. The lowest BCUT2D eigenvalue weighted by Gasteiger charge is -2.19. The van der Waals surface area contributed by atoms with Gasteiger partial charge in [0.05, 0.1) is 21.7 Å². The second-order valence-corrected chi connectivity index (χ2v) is 8.38. The zero-order valence-corrected chi connectivity index (χ0v) is 16.0. The number of rotatable bonds is 4. The molecule has 1 aliphatic rings. The predicted molar refractivity (Wildman–Crippen MR) is 98.8 cm³/mol. The van der Waals surface area contributed by atoms with Gasteiger partial charge >= 0.3 is 6.18 Å². The topological polar surface area (TPSA) is 66.5 Å². The first kappa shape index (κ1) is 20.5. The van der Waals surface area contributed by atoms with Crippen molar-refractivity contribution in [2.75, 3.05) is 17.8 Å². The standard InChI is InChI=1S/C18H16ClF3N2O3S/c19-12-7-8-15(13(11-12)17(25)24-9-3-4-10-24)23-28(26,27)16-6-2-1-5-14(16)18(20,21)22/h1-2,5-8,11,23H,3-4,9-10H2. The molecule has 150 valence electrons. The molecule has 28 heavy (non-hydrogen) atoms. The summed E-state index contributed by atoms with van der Waals surface area (Å²) in [7, 11) is -4.60. The first-order valence-electron chi connectivity index (χ1n) is 8.37. The SMILES string of the molecule is O=C(c1cc(Cl)ccc1NS(=O)(=O)c1ccccc1C(F)(F)F)N1CCCC1. The fourth-order valence-electron chi connectivity index (χ4n) is 3.01. The van der Waals surface area contributed by atoms with Gasteiger partial charge in [-0.05, 0) is 43.2 Å². The highest BCUT2D eigenvalue weighted by molar-refractivity contribution is 7.92. The zero-order valence-electron chi connectivity index (χ0n) is 14.5. The van der Waals surface area contributed by atoms with Crippen molar-refractivity contribution in [3.05, 3.63) is 58.6 Å². The average Bonchev–Trinajstić information content (AvgIpc) is 3.16.